The molecule has 0 rings (SSSR count). The summed E-state index contributed by atoms with van der Waals surface area (Å²) in [6.45, 7) is 2.95. The highest BCUT2D eigenvalue weighted by atomic mass is 16.2. The topological polar surface area (TPSA) is 82.4 Å². The van der Waals surface area contributed by atoms with Crippen LogP contribution in [0.25, 0.3) is 0 Å². The van der Waals surface area contributed by atoms with Crippen molar-refractivity contribution in [1.82, 2.24) is 5.32 Å². The molecule has 0 spiro atoms. The Morgan fingerprint density at radius 1 is 0.846 bits per heavy atom. The molecule has 71 valence electrons. The summed E-state index contributed by atoms with van der Waals surface area (Å²) in [4.78, 5) is 42.7. The predicted octanol–water partition coefficient (Wildman–Crippen LogP) is -0.398. The largest absolute Gasteiger partial charge is 0.316 e. The molecule has 13 heavy (non-hydrogen) atoms. The number of nitrogens with zero attached hydrogens (tertiary/aromatic N) is 1. The number of rotatable bonds is 4. The highest BCUT2D eigenvalue weighted by molar-refractivity contribution is 6.46. The van der Waals surface area contributed by atoms with E-state index in [0.717, 1.165) is 0 Å². The van der Waals surface area contributed by atoms with Crippen LogP contribution in [0.4, 0.5) is 0 Å². The molecule has 0 unspecified atom stereocenters. The second-order valence-corrected chi connectivity index (χ2v) is 2.28. The van der Waals surface area contributed by atoms with E-state index in [-0.39, 0.29) is 12.8 Å². The minimum Gasteiger partial charge on any atom is -0.289 e. The number of ketones is 2. The molecular weight excluding hydrogens is 174 g/mol. The fourth-order valence-electron chi connectivity index (χ4n) is 0.519. The Labute approximate surface area is 75.5 Å². The predicted molar refractivity (Wildman–Crippen MR) is 42.7 cm³/mol. The number of hydrogen-bond donors (Lipinski definition) is 0. The van der Waals surface area contributed by atoms with E-state index in [9.17, 15) is 19.2 Å². The van der Waals surface area contributed by atoms with Crippen molar-refractivity contribution in [3.63, 3.8) is 0 Å². The summed E-state index contributed by atoms with van der Waals surface area (Å²) in [5, 5.41) is 2.84. The van der Waals surface area contributed by atoms with Crippen LogP contribution in [0.3, 0.4) is 0 Å². The van der Waals surface area contributed by atoms with E-state index in [1.807, 2.05) is 0 Å². The standard InChI is InChI=1S/C8H10NO4/c1-3-5(10)7(12)9-8(13)6(11)4-2/h3-4H2,1-2H3. The van der Waals surface area contributed by atoms with Crippen LogP contribution >= 0.6 is 0 Å². The number of carbonyl (C=O) groups excluding carboxylic acids is 4. The van der Waals surface area contributed by atoms with Crippen molar-refractivity contribution in [3.8, 4) is 0 Å². The summed E-state index contributed by atoms with van der Waals surface area (Å²) in [5.41, 5.74) is 0. The monoisotopic (exact) mass is 184 g/mol. The molecule has 5 nitrogen and oxygen atoms in total. The molecule has 0 aliphatic heterocycles. The van der Waals surface area contributed by atoms with Gasteiger partial charge in [0.1, 0.15) is 0 Å². The lowest BCUT2D eigenvalue weighted by molar-refractivity contribution is -0.145. The number of carbonyl (C=O) groups is 4. The van der Waals surface area contributed by atoms with E-state index in [1.54, 1.807) is 0 Å². The van der Waals surface area contributed by atoms with Crippen LogP contribution in [0.2, 0.25) is 0 Å². The van der Waals surface area contributed by atoms with Gasteiger partial charge in [-0.05, 0) is 0 Å². The molecule has 0 saturated heterocycles. The highest BCUT2D eigenvalue weighted by Crippen LogP contribution is 1.86. The minimum absolute atomic E-state index is 0.0179. The van der Waals surface area contributed by atoms with Crippen LogP contribution in [0.15, 0.2) is 0 Å². The molecule has 0 N–H and O–H groups in total. The van der Waals surface area contributed by atoms with Gasteiger partial charge < -0.3 is 0 Å². The first-order valence-electron chi connectivity index (χ1n) is 3.89. The van der Waals surface area contributed by atoms with Gasteiger partial charge in [-0.15, -0.1) is 0 Å². The third-order valence-corrected chi connectivity index (χ3v) is 1.32. The Hall–Kier alpha value is -1.52. The van der Waals surface area contributed by atoms with Crippen LogP contribution in [0, 0.1) is 0 Å². The fourth-order valence-corrected chi connectivity index (χ4v) is 0.519. The van der Waals surface area contributed by atoms with Crippen LogP contribution in [0.5, 0.6) is 0 Å². The number of Topliss-reactive ketones (excluding diaryl/α,β-unsaturated/α-hetero) is 2. The molecule has 0 aliphatic carbocycles. The van der Waals surface area contributed by atoms with E-state index in [1.165, 1.54) is 13.8 Å². The van der Waals surface area contributed by atoms with Gasteiger partial charge in [-0.3, -0.25) is 19.2 Å². The van der Waals surface area contributed by atoms with E-state index >= 15 is 0 Å². The van der Waals surface area contributed by atoms with E-state index in [0.29, 0.717) is 0 Å². The summed E-state index contributed by atoms with van der Waals surface area (Å²) in [7, 11) is 0. The van der Waals surface area contributed by atoms with E-state index in [2.05, 4.69) is 5.32 Å². The Morgan fingerprint density at radius 2 is 1.15 bits per heavy atom. The zero-order valence-electron chi connectivity index (χ0n) is 7.49. The van der Waals surface area contributed by atoms with Crippen molar-refractivity contribution in [2.24, 2.45) is 0 Å². The fraction of sp³-hybridized carbons (Fsp3) is 0.500. The maximum Gasteiger partial charge on any atom is 0.316 e. The summed E-state index contributed by atoms with van der Waals surface area (Å²) >= 11 is 0. The molecule has 5 heteroatoms. The molecule has 0 fully saturated rings. The van der Waals surface area contributed by atoms with Crippen molar-refractivity contribution in [2.45, 2.75) is 26.7 Å². The van der Waals surface area contributed by atoms with Crippen molar-refractivity contribution in [3.05, 3.63) is 0 Å². The van der Waals surface area contributed by atoms with Gasteiger partial charge in [0, 0.05) is 12.8 Å². The minimum atomic E-state index is -1.14. The van der Waals surface area contributed by atoms with Crippen LogP contribution in [-0.4, -0.2) is 23.4 Å². The van der Waals surface area contributed by atoms with Crippen LogP contribution in [0.1, 0.15) is 26.7 Å². The summed E-state index contributed by atoms with van der Waals surface area (Å²) in [6, 6.07) is 0. The van der Waals surface area contributed by atoms with E-state index in [4.69, 9.17) is 0 Å². The number of amides is 2. The summed E-state index contributed by atoms with van der Waals surface area (Å²) in [5.74, 6) is -3.82. The number of imide groups is 1. The van der Waals surface area contributed by atoms with E-state index < -0.39 is 23.4 Å². The van der Waals surface area contributed by atoms with Gasteiger partial charge in [-0.1, -0.05) is 13.8 Å². The van der Waals surface area contributed by atoms with Crippen LogP contribution < -0.4 is 5.32 Å². The molecule has 0 atom stereocenters. The first kappa shape index (κ1) is 11.5. The molecule has 0 bridgehead atoms. The highest BCUT2D eigenvalue weighted by Gasteiger charge is 2.20. The first-order chi connectivity index (χ1) is 6.02. The smallest absolute Gasteiger partial charge is 0.289 e. The van der Waals surface area contributed by atoms with Crippen molar-refractivity contribution in [1.29, 1.82) is 0 Å². The normalized spacial score (nSPS) is 9.08. The van der Waals surface area contributed by atoms with Crippen molar-refractivity contribution < 1.29 is 19.2 Å². The lowest BCUT2D eigenvalue weighted by Crippen LogP contribution is -2.33. The summed E-state index contributed by atoms with van der Waals surface area (Å²) < 4.78 is 0. The van der Waals surface area contributed by atoms with Gasteiger partial charge in [0.05, 0.1) is 0 Å². The Kier molecular flexibility index (Phi) is 4.58. The van der Waals surface area contributed by atoms with Gasteiger partial charge >= 0.3 is 11.8 Å². The zero-order valence-corrected chi connectivity index (χ0v) is 7.49. The number of hydrogen-bond acceptors (Lipinski definition) is 4. The molecule has 0 heterocycles. The second-order valence-electron chi connectivity index (χ2n) is 2.28. The van der Waals surface area contributed by atoms with Gasteiger partial charge in [0.2, 0.25) is 11.6 Å². The third kappa shape index (κ3) is 3.59. The van der Waals surface area contributed by atoms with Gasteiger partial charge in [-0.25, -0.2) is 0 Å². The average Bonchev–Trinajstić information content (AvgIpc) is 2.14. The molecule has 1 radical (unpaired) electrons. The van der Waals surface area contributed by atoms with Gasteiger partial charge in [0.25, 0.3) is 0 Å². The molecule has 2 amide bonds. The van der Waals surface area contributed by atoms with Crippen LogP contribution in [-0.2, 0) is 19.2 Å². The Morgan fingerprint density at radius 3 is 1.38 bits per heavy atom. The lowest BCUT2D eigenvalue weighted by Gasteiger charge is -1.95. The molecule has 0 aliphatic rings. The molecule has 0 saturated carbocycles. The maximum atomic E-state index is 10.7. The second kappa shape index (κ2) is 5.18. The zero-order chi connectivity index (χ0) is 10.4. The lowest BCUT2D eigenvalue weighted by atomic mass is 10.2. The Bertz CT molecular complexity index is 231. The average molecular weight is 184 g/mol. The quantitative estimate of drug-likeness (QED) is 0.556. The third-order valence-electron chi connectivity index (χ3n) is 1.32. The first-order valence-corrected chi connectivity index (χ1v) is 3.89. The van der Waals surface area contributed by atoms with Gasteiger partial charge in [-0.2, -0.15) is 5.32 Å². The summed E-state index contributed by atoms with van der Waals surface area (Å²) in [6.07, 6.45) is -0.0359. The van der Waals surface area contributed by atoms with Crippen molar-refractivity contribution >= 4 is 23.4 Å². The van der Waals surface area contributed by atoms with Gasteiger partial charge in [0.15, 0.2) is 0 Å². The molecule has 0 aromatic carbocycles. The SMILES string of the molecule is CCC(=O)C(=O)[N]C(=O)C(=O)CC. The maximum absolute atomic E-state index is 10.7. The molecular formula is C8H10NO4. The molecule has 0 aromatic rings. The van der Waals surface area contributed by atoms with Crippen molar-refractivity contribution in [2.75, 3.05) is 0 Å². The molecule has 0 aromatic heterocycles. The Balaban J connectivity index is 4.15.